The van der Waals surface area contributed by atoms with E-state index in [1.54, 1.807) is 0 Å². The van der Waals surface area contributed by atoms with E-state index in [1.165, 1.54) is 55.1 Å². The number of carbonyl (C=O) groups is 1. The molecule has 0 fully saturated rings. The third kappa shape index (κ3) is 8.22. The van der Waals surface area contributed by atoms with Gasteiger partial charge in [-0.05, 0) is 80.4 Å². The number of pyridine rings is 1. The van der Waals surface area contributed by atoms with Crippen molar-refractivity contribution >= 4 is 38.1 Å². The molecule has 0 amide bonds. The Labute approximate surface area is 296 Å². The zero-order valence-electron chi connectivity index (χ0n) is 30.4. The van der Waals surface area contributed by atoms with Crippen LogP contribution in [0.2, 0.25) is 0 Å². The normalized spacial score (nSPS) is 12.6. The molecule has 4 aromatic carbocycles. The zero-order chi connectivity index (χ0) is 34.2. The van der Waals surface area contributed by atoms with Crippen molar-refractivity contribution in [1.82, 2.24) is 4.98 Å². The van der Waals surface area contributed by atoms with Gasteiger partial charge in [0, 0.05) is 43.2 Å². The minimum absolute atomic E-state index is 0. The third-order valence-electron chi connectivity index (χ3n) is 9.70. The fourth-order valence-electron chi connectivity index (χ4n) is 5.71. The summed E-state index contributed by atoms with van der Waals surface area (Å²) in [7, 11) is 0. The van der Waals surface area contributed by atoms with Gasteiger partial charge in [-0.15, -0.1) is 34.9 Å². The predicted octanol–water partition coefficient (Wildman–Crippen LogP) is 12.1. The van der Waals surface area contributed by atoms with Crippen LogP contribution in [0.5, 0.6) is 0 Å². The molecule has 0 aliphatic carbocycles. The predicted molar refractivity (Wildman–Crippen MR) is 198 cm³/mol. The van der Waals surface area contributed by atoms with Gasteiger partial charge in [0.25, 0.3) is 0 Å². The van der Waals surface area contributed by atoms with Gasteiger partial charge in [-0.1, -0.05) is 113 Å². The van der Waals surface area contributed by atoms with Crippen LogP contribution < -0.4 is 0 Å². The number of nitrogens with zero attached hydrogens (tertiary/aromatic N) is 1. The zero-order valence-corrected chi connectivity index (χ0v) is 32.8. The third-order valence-corrected chi connectivity index (χ3v) is 9.70. The van der Waals surface area contributed by atoms with Gasteiger partial charge in [0.05, 0.1) is 0 Å². The van der Waals surface area contributed by atoms with Crippen LogP contribution in [0.4, 0.5) is 0 Å². The number of hydrogen-bond donors (Lipinski definition) is 1. The second-order valence-corrected chi connectivity index (χ2v) is 15.2. The van der Waals surface area contributed by atoms with E-state index >= 15 is 0 Å². The number of benzene rings is 4. The minimum Gasteiger partial charge on any atom is -0.512 e. The number of hydrogen-bond acceptors (Lipinski definition) is 3. The van der Waals surface area contributed by atoms with Crippen molar-refractivity contribution in [3.05, 3.63) is 101 Å². The molecule has 1 aromatic heterocycles. The molecule has 0 unspecified atom stereocenters. The quantitative estimate of drug-likeness (QED) is 0.0805. The molecule has 0 aliphatic heterocycles. The Bertz CT molecular complexity index is 1940. The van der Waals surface area contributed by atoms with Crippen LogP contribution in [0.1, 0.15) is 97.4 Å². The molecule has 0 saturated heterocycles. The number of aliphatic hydroxyl groups excluding tert-OH is 1. The summed E-state index contributed by atoms with van der Waals surface area (Å²) < 4.78 is 0. The first-order chi connectivity index (χ1) is 21.4. The topological polar surface area (TPSA) is 50.2 Å². The molecule has 47 heavy (non-hydrogen) atoms. The van der Waals surface area contributed by atoms with E-state index in [9.17, 15) is 9.90 Å². The second kappa shape index (κ2) is 14.4. The standard InChI is InChI=1S/C30H28N.C13H24O2.Ir/c1-18-13-19(2)15-23(14-18)29-28-22(11-12-31-29)16-20(3)27-25-10-8-24(30(4,5)6)17-21(25)7-9-26(27)28;1-7-12(3,4)10(14)9-11(15)13(5,6)8-2;/h7-14,16-17H,1-6H3;9,14H,7-8H2,1-6H3;/q-1;;/b;10-9-;. The van der Waals surface area contributed by atoms with Gasteiger partial charge < -0.3 is 10.1 Å². The molecule has 0 aliphatic rings. The molecule has 1 radical (unpaired) electrons. The van der Waals surface area contributed by atoms with Crippen molar-refractivity contribution in [2.24, 2.45) is 10.8 Å². The summed E-state index contributed by atoms with van der Waals surface area (Å²) in [6.45, 7) is 24.9. The molecule has 1 N–H and O–H groups in total. The molecule has 3 nitrogen and oxygen atoms in total. The van der Waals surface area contributed by atoms with Gasteiger partial charge in [-0.25, -0.2) is 0 Å². The summed E-state index contributed by atoms with van der Waals surface area (Å²) >= 11 is 0. The van der Waals surface area contributed by atoms with Crippen LogP contribution in [0.15, 0.2) is 72.6 Å². The first kappa shape index (κ1) is 38.1. The molecular weight excluding hydrogens is 755 g/mol. The summed E-state index contributed by atoms with van der Waals surface area (Å²) in [5.41, 5.74) is 6.58. The van der Waals surface area contributed by atoms with Crippen molar-refractivity contribution in [3.8, 4) is 11.3 Å². The average Bonchev–Trinajstić information content (AvgIpc) is 2.99. The van der Waals surface area contributed by atoms with E-state index in [0.717, 1.165) is 29.7 Å². The maximum Gasteiger partial charge on any atom is 0.164 e. The molecule has 0 bridgehead atoms. The monoisotopic (exact) mass is 807 g/mol. The Morgan fingerprint density at radius 1 is 0.787 bits per heavy atom. The number of rotatable bonds is 6. The summed E-state index contributed by atoms with van der Waals surface area (Å²) in [4.78, 5) is 16.7. The Kier molecular flexibility index (Phi) is 11.7. The van der Waals surface area contributed by atoms with Gasteiger partial charge >= 0.3 is 0 Å². The molecule has 0 spiro atoms. The number of aromatic nitrogens is 1. The van der Waals surface area contributed by atoms with Crippen molar-refractivity contribution in [1.29, 1.82) is 0 Å². The first-order valence-corrected chi connectivity index (χ1v) is 16.6. The number of carbonyl (C=O) groups excluding carboxylic acids is 1. The number of allylic oxidation sites excluding steroid dienone is 2. The van der Waals surface area contributed by atoms with E-state index in [2.05, 4.69) is 102 Å². The maximum atomic E-state index is 11.8. The number of aryl methyl sites for hydroxylation is 3. The van der Waals surface area contributed by atoms with Crippen molar-refractivity contribution < 1.29 is 30.0 Å². The summed E-state index contributed by atoms with van der Waals surface area (Å²) in [5, 5.41) is 17.5. The molecule has 5 rings (SSSR count). The fourth-order valence-corrected chi connectivity index (χ4v) is 5.71. The number of ketones is 1. The molecule has 251 valence electrons. The van der Waals surface area contributed by atoms with Crippen LogP contribution >= 0.6 is 0 Å². The van der Waals surface area contributed by atoms with Gasteiger partial charge in [-0.3, -0.25) is 4.79 Å². The van der Waals surface area contributed by atoms with Crippen LogP contribution in [-0.2, 0) is 30.3 Å². The van der Waals surface area contributed by atoms with Crippen molar-refractivity contribution in [3.63, 3.8) is 0 Å². The average molecular weight is 807 g/mol. The van der Waals surface area contributed by atoms with Crippen molar-refractivity contribution in [2.45, 2.75) is 101 Å². The number of aliphatic hydroxyl groups is 1. The van der Waals surface area contributed by atoms with Gasteiger partial charge in [0.2, 0.25) is 0 Å². The van der Waals surface area contributed by atoms with Crippen molar-refractivity contribution in [2.75, 3.05) is 0 Å². The molecule has 5 aromatic rings. The molecule has 1 heterocycles. The van der Waals surface area contributed by atoms with Crippen LogP contribution in [0, 0.1) is 37.7 Å². The summed E-state index contributed by atoms with van der Waals surface area (Å²) in [6.07, 6.45) is 4.91. The first-order valence-electron chi connectivity index (χ1n) is 16.6. The van der Waals surface area contributed by atoms with Gasteiger partial charge in [0.1, 0.15) is 5.76 Å². The van der Waals surface area contributed by atoms with Gasteiger partial charge in [-0.2, -0.15) is 0 Å². The molecular formula is C43H52IrNO2-. The summed E-state index contributed by atoms with van der Waals surface area (Å²) in [5.74, 6) is 0.195. The Morgan fingerprint density at radius 2 is 1.43 bits per heavy atom. The minimum atomic E-state index is -0.377. The van der Waals surface area contributed by atoms with E-state index < -0.39 is 0 Å². The van der Waals surface area contributed by atoms with Crippen LogP contribution in [0.3, 0.4) is 0 Å². The summed E-state index contributed by atoms with van der Waals surface area (Å²) in [6, 6.07) is 23.8. The second-order valence-electron chi connectivity index (χ2n) is 15.2. The number of fused-ring (bicyclic) bond motifs is 5. The SMILES string of the molecule is CCC(C)(C)C(=O)/C=C(\O)C(C)(C)CC.Cc1[c-]c(-c2nccc3cc(C)c4c5ccc(C(C)(C)C)cc5ccc4c23)cc(C)c1.[Ir]. The van der Waals surface area contributed by atoms with Crippen LogP contribution in [0.25, 0.3) is 43.6 Å². The Morgan fingerprint density at radius 3 is 2.02 bits per heavy atom. The molecule has 0 saturated carbocycles. The fraction of sp³-hybridized carbons (Fsp3) is 0.395. The Balaban J connectivity index is 0.000000322. The molecule has 0 atom stereocenters. The van der Waals surface area contributed by atoms with E-state index in [0.29, 0.717) is 0 Å². The van der Waals surface area contributed by atoms with E-state index in [-0.39, 0.29) is 47.9 Å². The van der Waals surface area contributed by atoms with Crippen LogP contribution in [-0.4, -0.2) is 15.9 Å². The smallest absolute Gasteiger partial charge is 0.164 e. The largest absolute Gasteiger partial charge is 0.512 e. The van der Waals surface area contributed by atoms with E-state index in [4.69, 9.17) is 4.98 Å². The maximum absolute atomic E-state index is 11.8. The molecule has 4 heteroatoms. The van der Waals surface area contributed by atoms with E-state index in [1.807, 2.05) is 47.7 Å². The Hall–Kier alpha value is -3.33. The van der Waals surface area contributed by atoms with Gasteiger partial charge in [0.15, 0.2) is 5.78 Å².